The maximum atomic E-state index is 9.35. The van der Waals surface area contributed by atoms with Gasteiger partial charge in [-0.1, -0.05) is 0 Å². The van der Waals surface area contributed by atoms with Crippen molar-refractivity contribution in [2.24, 2.45) is 0 Å². The summed E-state index contributed by atoms with van der Waals surface area (Å²) in [6.45, 7) is 7.02. The Hall–Kier alpha value is -1.61. The highest BCUT2D eigenvalue weighted by molar-refractivity contribution is 5.53. The third-order valence-corrected chi connectivity index (χ3v) is 4.14. The molecule has 0 atom stereocenters. The lowest BCUT2D eigenvalue weighted by atomic mass is 10.1. The molecule has 1 aliphatic rings. The molecule has 120 valence electrons. The first kappa shape index (κ1) is 16.8. The molecule has 1 heterocycles. The van der Waals surface area contributed by atoms with E-state index in [1.807, 2.05) is 6.07 Å². The molecule has 0 bridgehead atoms. The third kappa shape index (κ3) is 4.70. The van der Waals surface area contributed by atoms with Crippen molar-refractivity contribution in [2.45, 2.75) is 6.54 Å². The van der Waals surface area contributed by atoms with Crippen molar-refractivity contribution in [2.75, 3.05) is 65.3 Å². The maximum absolute atomic E-state index is 9.35. The van der Waals surface area contributed by atoms with Gasteiger partial charge in [0.25, 0.3) is 0 Å². The molecule has 1 saturated heterocycles. The minimum absolute atomic E-state index is 0.795. The van der Waals surface area contributed by atoms with Gasteiger partial charge in [-0.05, 0) is 37.9 Å². The van der Waals surface area contributed by atoms with Crippen molar-refractivity contribution < 1.29 is 0 Å². The summed E-state index contributed by atoms with van der Waals surface area (Å²) < 4.78 is 0. The molecule has 0 aliphatic carbocycles. The molecule has 5 heteroatoms. The fourth-order valence-corrected chi connectivity index (χ4v) is 2.65. The molecular weight excluding hydrogens is 274 g/mol. The highest BCUT2D eigenvalue weighted by atomic mass is 15.2. The number of nitriles is 1. The Kier molecular flexibility index (Phi) is 6.20. The molecule has 0 spiro atoms. The summed E-state index contributed by atoms with van der Waals surface area (Å²) in [5.74, 6) is 0. The monoisotopic (exact) mass is 301 g/mol. The molecule has 5 nitrogen and oxygen atoms in total. The average molecular weight is 301 g/mol. The van der Waals surface area contributed by atoms with Gasteiger partial charge in [0.05, 0.1) is 11.6 Å². The molecule has 1 aromatic carbocycles. The fourth-order valence-electron chi connectivity index (χ4n) is 2.65. The minimum Gasteiger partial charge on any atom is -0.373 e. The highest BCUT2D eigenvalue weighted by Crippen LogP contribution is 2.20. The first-order valence-corrected chi connectivity index (χ1v) is 7.92. The number of hydrogen-bond donors (Lipinski definition) is 1. The number of likely N-dealkylation sites (N-methyl/N-ethyl adjacent to an activating group) is 2. The van der Waals surface area contributed by atoms with Crippen molar-refractivity contribution in [3.63, 3.8) is 0 Å². The van der Waals surface area contributed by atoms with Crippen LogP contribution in [0.2, 0.25) is 0 Å². The Balaban J connectivity index is 2.09. The van der Waals surface area contributed by atoms with Crippen molar-refractivity contribution in [3.8, 4) is 6.07 Å². The van der Waals surface area contributed by atoms with Gasteiger partial charge in [-0.3, -0.25) is 4.90 Å². The normalized spacial score (nSPS) is 15.8. The summed E-state index contributed by atoms with van der Waals surface area (Å²) >= 11 is 0. The summed E-state index contributed by atoms with van der Waals surface area (Å²) in [4.78, 5) is 6.85. The summed E-state index contributed by atoms with van der Waals surface area (Å²) in [7, 11) is 6.28. The van der Waals surface area contributed by atoms with Crippen molar-refractivity contribution >= 4 is 5.69 Å². The standard InChI is InChI=1S/C17H27N5/c1-20(2)10-11-21(3)17-5-4-15(13-18)16(12-17)14-22-8-6-19-7-9-22/h4-5,12,19H,6-11,14H2,1-3H3. The molecule has 1 N–H and O–H groups in total. The minimum atomic E-state index is 0.795. The molecule has 0 radical (unpaired) electrons. The summed E-state index contributed by atoms with van der Waals surface area (Å²) in [6, 6.07) is 8.52. The van der Waals surface area contributed by atoms with Gasteiger partial charge < -0.3 is 15.1 Å². The largest absolute Gasteiger partial charge is 0.373 e. The first-order chi connectivity index (χ1) is 10.6. The van der Waals surface area contributed by atoms with Gasteiger partial charge in [-0.15, -0.1) is 0 Å². The van der Waals surface area contributed by atoms with Crippen molar-refractivity contribution in [1.29, 1.82) is 5.26 Å². The zero-order chi connectivity index (χ0) is 15.9. The molecule has 2 rings (SSSR count). The lowest BCUT2D eigenvalue weighted by Gasteiger charge is -2.28. The summed E-state index contributed by atoms with van der Waals surface area (Å²) in [5.41, 5.74) is 3.12. The summed E-state index contributed by atoms with van der Waals surface area (Å²) in [6.07, 6.45) is 0. The van der Waals surface area contributed by atoms with E-state index in [1.165, 1.54) is 5.69 Å². The molecule has 1 aromatic rings. The second-order valence-corrected chi connectivity index (χ2v) is 6.20. The first-order valence-electron chi connectivity index (χ1n) is 7.92. The van der Waals surface area contributed by atoms with E-state index in [2.05, 4.69) is 59.4 Å². The smallest absolute Gasteiger partial charge is 0.0995 e. The van der Waals surface area contributed by atoms with Crippen LogP contribution < -0.4 is 10.2 Å². The molecule has 1 fully saturated rings. The number of hydrogen-bond acceptors (Lipinski definition) is 5. The number of piperazine rings is 1. The van der Waals surface area contributed by atoms with E-state index < -0.39 is 0 Å². The Morgan fingerprint density at radius 1 is 1.18 bits per heavy atom. The van der Waals surface area contributed by atoms with E-state index in [0.29, 0.717) is 0 Å². The second-order valence-electron chi connectivity index (χ2n) is 6.20. The van der Waals surface area contributed by atoms with Crippen LogP contribution in [0.3, 0.4) is 0 Å². The van der Waals surface area contributed by atoms with Crippen LogP contribution in [-0.2, 0) is 6.54 Å². The van der Waals surface area contributed by atoms with Gasteiger partial charge in [0.15, 0.2) is 0 Å². The SMILES string of the molecule is CN(C)CCN(C)c1ccc(C#N)c(CN2CCNCC2)c1. The molecule has 0 unspecified atom stereocenters. The zero-order valence-electron chi connectivity index (χ0n) is 14.0. The Morgan fingerprint density at radius 3 is 2.55 bits per heavy atom. The van der Waals surface area contributed by atoms with Crippen LogP contribution in [0.4, 0.5) is 5.69 Å². The van der Waals surface area contributed by atoms with Crippen molar-refractivity contribution in [3.05, 3.63) is 29.3 Å². The van der Waals surface area contributed by atoms with Crippen LogP contribution in [-0.4, -0.2) is 70.2 Å². The Bertz CT molecular complexity index is 514. The second kappa shape index (κ2) is 8.14. The van der Waals surface area contributed by atoms with E-state index in [9.17, 15) is 5.26 Å². The van der Waals surface area contributed by atoms with Gasteiger partial charge in [0.2, 0.25) is 0 Å². The number of nitrogens with zero attached hydrogens (tertiary/aromatic N) is 4. The molecular formula is C17H27N5. The topological polar surface area (TPSA) is 45.5 Å². The predicted molar refractivity (Wildman–Crippen MR) is 91.1 cm³/mol. The summed E-state index contributed by atoms with van der Waals surface area (Å²) in [5, 5.41) is 12.7. The lowest BCUT2D eigenvalue weighted by Crippen LogP contribution is -2.43. The van der Waals surface area contributed by atoms with Crippen LogP contribution in [0.25, 0.3) is 0 Å². The third-order valence-electron chi connectivity index (χ3n) is 4.14. The van der Waals surface area contributed by atoms with Crippen molar-refractivity contribution in [1.82, 2.24) is 15.1 Å². The van der Waals surface area contributed by atoms with Gasteiger partial charge in [0, 0.05) is 58.5 Å². The molecule has 0 saturated carbocycles. The van der Waals surface area contributed by atoms with Crippen LogP contribution >= 0.6 is 0 Å². The Morgan fingerprint density at radius 2 is 1.91 bits per heavy atom. The van der Waals surface area contributed by atoms with E-state index in [4.69, 9.17) is 0 Å². The predicted octanol–water partition coefficient (Wildman–Crippen LogP) is 0.961. The van der Waals surface area contributed by atoms with Gasteiger partial charge in [-0.2, -0.15) is 5.26 Å². The number of rotatable bonds is 6. The van der Waals surface area contributed by atoms with Crippen LogP contribution in [0.1, 0.15) is 11.1 Å². The lowest BCUT2D eigenvalue weighted by molar-refractivity contribution is 0.233. The fraction of sp³-hybridized carbons (Fsp3) is 0.588. The molecule has 0 amide bonds. The molecule has 0 aromatic heterocycles. The zero-order valence-corrected chi connectivity index (χ0v) is 14.0. The molecule has 22 heavy (non-hydrogen) atoms. The van der Waals surface area contributed by atoms with E-state index in [0.717, 1.165) is 56.9 Å². The van der Waals surface area contributed by atoms with E-state index in [1.54, 1.807) is 0 Å². The van der Waals surface area contributed by atoms with Gasteiger partial charge in [-0.25, -0.2) is 0 Å². The van der Waals surface area contributed by atoms with Crippen LogP contribution in [0.5, 0.6) is 0 Å². The maximum Gasteiger partial charge on any atom is 0.0995 e. The Labute approximate surface area is 134 Å². The average Bonchev–Trinajstić information content (AvgIpc) is 2.53. The van der Waals surface area contributed by atoms with Gasteiger partial charge in [0.1, 0.15) is 0 Å². The number of nitrogens with one attached hydrogen (secondary N) is 1. The van der Waals surface area contributed by atoms with E-state index >= 15 is 0 Å². The van der Waals surface area contributed by atoms with Crippen LogP contribution in [0.15, 0.2) is 18.2 Å². The van der Waals surface area contributed by atoms with E-state index in [-0.39, 0.29) is 0 Å². The number of anilines is 1. The van der Waals surface area contributed by atoms with Crippen LogP contribution in [0, 0.1) is 11.3 Å². The quantitative estimate of drug-likeness (QED) is 0.848. The molecule has 1 aliphatic heterocycles. The number of benzene rings is 1. The van der Waals surface area contributed by atoms with Gasteiger partial charge >= 0.3 is 0 Å². The highest BCUT2D eigenvalue weighted by Gasteiger charge is 2.13.